The Morgan fingerprint density at radius 2 is 1.95 bits per heavy atom. The van der Waals surface area contributed by atoms with Crippen molar-refractivity contribution in [3.63, 3.8) is 0 Å². The van der Waals surface area contributed by atoms with Crippen LogP contribution in [0.3, 0.4) is 0 Å². The predicted octanol–water partition coefficient (Wildman–Crippen LogP) is 1.94. The minimum Gasteiger partial charge on any atom is -0.432 e. The van der Waals surface area contributed by atoms with Crippen LogP contribution in [0.25, 0.3) is 0 Å². The molecule has 2 N–H and O–H groups in total. The molecule has 110 valence electrons. The summed E-state index contributed by atoms with van der Waals surface area (Å²) in [5.41, 5.74) is 0. The standard InChI is InChI=1S/C14H27NO3Si/c1-9(7-14(3,4)19(5,6)18)11-12(10(2)8-16)15-13(11)17/h8-12,18H,7H2,1-6H3,(H,15,17)/t9-,10-,11+,12?/m0/s1. The van der Waals surface area contributed by atoms with Crippen LogP contribution in [0.5, 0.6) is 0 Å². The first-order chi connectivity index (χ1) is 8.51. The fourth-order valence-corrected chi connectivity index (χ4v) is 3.58. The van der Waals surface area contributed by atoms with Crippen molar-refractivity contribution in [2.45, 2.75) is 58.3 Å². The Morgan fingerprint density at radius 3 is 2.32 bits per heavy atom. The molecule has 1 unspecified atom stereocenters. The molecule has 1 amide bonds. The van der Waals surface area contributed by atoms with E-state index >= 15 is 0 Å². The van der Waals surface area contributed by atoms with E-state index in [-0.39, 0.29) is 34.7 Å². The van der Waals surface area contributed by atoms with Crippen molar-refractivity contribution in [1.29, 1.82) is 0 Å². The van der Waals surface area contributed by atoms with Gasteiger partial charge in [0.25, 0.3) is 0 Å². The number of β-lactam (4-membered cyclic amide) rings is 1. The number of carbonyl (C=O) groups excluding carboxylic acids is 2. The largest absolute Gasteiger partial charge is 0.432 e. The lowest BCUT2D eigenvalue weighted by Gasteiger charge is -2.45. The second kappa shape index (κ2) is 5.36. The summed E-state index contributed by atoms with van der Waals surface area (Å²) in [6.45, 7) is 11.9. The highest BCUT2D eigenvalue weighted by molar-refractivity contribution is 6.72. The Bertz CT molecular complexity index is 362. The van der Waals surface area contributed by atoms with Crippen LogP contribution in [-0.2, 0) is 9.59 Å². The van der Waals surface area contributed by atoms with Crippen LogP contribution >= 0.6 is 0 Å². The van der Waals surface area contributed by atoms with Gasteiger partial charge in [0.05, 0.1) is 5.92 Å². The van der Waals surface area contributed by atoms with E-state index in [4.69, 9.17) is 0 Å². The number of hydrogen-bond donors (Lipinski definition) is 2. The van der Waals surface area contributed by atoms with Crippen molar-refractivity contribution in [2.24, 2.45) is 17.8 Å². The molecule has 4 nitrogen and oxygen atoms in total. The monoisotopic (exact) mass is 285 g/mol. The molecule has 1 fully saturated rings. The van der Waals surface area contributed by atoms with Gasteiger partial charge in [-0.2, -0.15) is 0 Å². The molecule has 0 aromatic carbocycles. The lowest BCUT2D eigenvalue weighted by molar-refractivity contribution is -0.140. The van der Waals surface area contributed by atoms with Gasteiger partial charge in [-0.05, 0) is 30.5 Å². The van der Waals surface area contributed by atoms with Crippen molar-refractivity contribution < 1.29 is 14.4 Å². The Labute approximate surface area is 117 Å². The Balaban J connectivity index is 2.75. The second-order valence-corrected chi connectivity index (χ2v) is 11.7. The van der Waals surface area contributed by atoms with Crippen molar-refractivity contribution >= 4 is 20.5 Å². The lowest BCUT2D eigenvalue weighted by Crippen LogP contribution is -2.63. The highest BCUT2D eigenvalue weighted by atomic mass is 28.4. The zero-order valence-corrected chi connectivity index (χ0v) is 13.9. The van der Waals surface area contributed by atoms with Gasteiger partial charge in [-0.3, -0.25) is 4.79 Å². The highest BCUT2D eigenvalue weighted by Crippen LogP contribution is 2.44. The molecule has 0 aliphatic carbocycles. The molecule has 0 radical (unpaired) electrons. The summed E-state index contributed by atoms with van der Waals surface area (Å²) in [5.74, 6) is -0.0297. The zero-order valence-electron chi connectivity index (χ0n) is 12.9. The van der Waals surface area contributed by atoms with E-state index in [1.54, 1.807) is 0 Å². The maximum Gasteiger partial charge on any atom is 0.225 e. The summed E-state index contributed by atoms with van der Waals surface area (Å²) in [4.78, 5) is 33.0. The molecule has 1 heterocycles. The van der Waals surface area contributed by atoms with E-state index in [0.29, 0.717) is 0 Å². The first kappa shape index (κ1) is 16.4. The summed E-state index contributed by atoms with van der Waals surface area (Å²) in [5, 5.41) is 2.69. The van der Waals surface area contributed by atoms with Crippen LogP contribution in [0, 0.1) is 17.8 Å². The summed E-state index contributed by atoms with van der Waals surface area (Å²) in [7, 11) is -2.26. The van der Waals surface area contributed by atoms with Crippen molar-refractivity contribution in [3.05, 3.63) is 0 Å². The summed E-state index contributed by atoms with van der Waals surface area (Å²) < 4.78 is 0. The third-order valence-corrected chi connectivity index (χ3v) is 8.40. The maximum absolute atomic E-state index is 11.8. The topological polar surface area (TPSA) is 66.4 Å². The Morgan fingerprint density at radius 1 is 1.42 bits per heavy atom. The summed E-state index contributed by atoms with van der Waals surface area (Å²) in [6, 6.07) is -0.0423. The molecular weight excluding hydrogens is 258 g/mol. The van der Waals surface area contributed by atoms with Gasteiger partial charge >= 0.3 is 0 Å². The molecule has 5 heteroatoms. The number of carbonyl (C=O) groups is 2. The Kier molecular flexibility index (Phi) is 4.62. The van der Waals surface area contributed by atoms with Crippen LogP contribution in [-0.4, -0.2) is 31.3 Å². The highest BCUT2D eigenvalue weighted by Gasteiger charge is 2.48. The quantitative estimate of drug-likeness (QED) is 0.445. The summed E-state index contributed by atoms with van der Waals surface area (Å²) in [6.07, 6.45) is 1.71. The number of rotatable bonds is 6. The van der Waals surface area contributed by atoms with E-state index in [9.17, 15) is 14.4 Å². The molecule has 0 bridgehead atoms. The first-order valence-electron chi connectivity index (χ1n) is 6.99. The van der Waals surface area contributed by atoms with Gasteiger partial charge in [0.1, 0.15) is 6.29 Å². The molecule has 1 saturated heterocycles. The average Bonchev–Trinajstić information content (AvgIpc) is 2.22. The first-order valence-corrected chi connectivity index (χ1v) is 9.94. The van der Waals surface area contributed by atoms with Crippen LogP contribution in [0.15, 0.2) is 0 Å². The molecule has 0 saturated carbocycles. The van der Waals surface area contributed by atoms with Crippen LogP contribution in [0.2, 0.25) is 18.1 Å². The zero-order chi connectivity index (χ0) is 15.0. The average molecular weight is 285 g/mol. The summed E-state index contributed by atoms with van der Waals surface area (Å²) >= 11 is 0. The number of amides is 1. The fourth-order valence-electron chi connectivity index (χ4n) is 2.75. The smallest absolute Gasteiger partial charge is 0.225 e. The fraction of sp³-hybridized carbons (Fsp3) is 0.857. The van der Waals surface area contributed by atoms with Gasteiger partial charge < -0.3 is 14.9 Å². The van der Waals surface area contributed by atoms with Gasteiger partial charge in [-0.15, -0.1) is 0 Å². The Hall–Kier alpha value is -0.683. The van der Waals surface area contributed by atoms with Crippen molar-refractivity contribution in [1.82, 2.24) is 5.32 Å². The van der Waals surface area contributed by atoms with Gasteiger partial charge in [0.15, 0.2) is 8.32 Å². The van der Waals surface area contributed by atoms with E-state index in [1.165, 1.54) is 0 Å². The molecular formula is C14H27NO3Si. The minimum absolute atomic E-state index is 0.0411. The number of hydrogen-bond acceptors (Lipinski definition) is 3. The molecule has 1 aliphatic rings. The molecule has 4 atom stereocenters. The predicted molar refractivity (Wildman–Crippen MR) is 78.2 cm³/mol. The third kappa shape index (κ3) is 3.26. The van der Waals surface area contributed by atoms with E-state index in [1.807, 2.05) is 20.0 Å². The van der Waals surface area contributed by atoms with E-state index in [2.05, 4.69) is 26.1 Å². The molecule has 0 aromatic rings. The van der Waals surface area contributed by atoms with Crippen molar-refractivity contribution in [3.8, 4) is 0 Å². The van der Waals surface area contributed by atoms with Gasteiger partial charge in [-0.1, -0.05) is 27.7 Å². The maximum atomic E-state index is 11.8. The number of aldehydes is 1. The molecule has 1 rings (SSSR count). The van der Waals surface area contributed by atoms with Crippen LogP contribution < -0.4 is 5.32 Å². The van der Waals surface area contributed by atoms with Gasteiger partial charge in [0.2, 0.25) is 5.91 Å². The minimum atomic E-state index is -2.26. The normalized spacial score (nSPS) is 27.2. The van der Waals surface area contributed by atoms with E-state index in [0.717, 1.165) is 12.7 Å². The van der Waals surface area contributed by atoms with Gasteiger partial charge in [0, 0.05) is 12.0 Å². The van der Waals surface area contributed by atoms with Crippen LogP contribution in [0.4, 0.5) is 0 Å². The number of nitrogens with one attached hydrogen (secondary N) is 1. The second-order valence-electron chi connectivity index (χ2n) is 7.18. The van der Waals surface area contributed by atoms with Crippen LogP contribution in [0.1, 0.15) is 34.1 Å². The SMILES string of the molecule is C[C@@H](C=O)C1NC(=O)[C@@H]1[C@@H](C)CC(C)(C)[Si](C)(C)O. The lowest BCUT2D eigenvalue weighted by atomic mass is 9.72. The molecule has 0 aromatic heterocycles. The van der Waals surface area contributed by atoms with Crippen molar-refractivity contribution in [2.75, 3.05) is 0 Å². The molecule has 0 spiro atoms. The third-order valence-electron chi connectivity index (χ3n) is 4.88. The van der Waals surface area contributed by atoms with Gasteiger partial charge in [-0.25, -0.2) is 0 Å². The van der Waals surface area contributed by atoms with E-state index < -0.39 is 8.32 Å². The molecule has 19 heavy (non-hydrogen) atoms. The molecule has 1 aliphatic heterocycles.